The Morgan fingerprint density at radius 2 is 1.82 bits per heavy atom. The van der Waals surface area contributed by atoms with Crippen molar-refractivity contribution in [2.24, 2.45) is 4.99 Å². The second-order valence-electron chi connectivity index (χ2n) is 7.51. The summed E-state index contributed by atoms with van der Waals surface area (Å²) in [6.45, 7) is 12.0. The minimum absolute atomic E-state index is 0. The van der Waals surface area contributed by atoms with Gasteiger partial charge >= 0.3 is 0 Å². The van der Waals surface area contributed by atoms with Crippen molar-refractivity contribution in [1.82, 2.24) is 15.5 Å². The molecule has 0 radical (unpaired) electrons. The summed E-state index contributed by atoms with van der Waals surface area (Å²) in [5, 5.41) is 6.09. The molecule has 0 aliphatic heterocycles. The van der Waals surface area contributed by atoms with E-state index in [2.05, 4.69) is 15.6 Å². The van der Waals surface area contributed by atoms with Gasteiger partial charge < -0.3 is 20.4 Å². The van der Waals surface area contributed by atoms with E-state index in [1.165, 1.54) is 0 Å². The third-order valence-corrected chi connectivity index (χ3v) is 4.04. The Hall–Kier alpha value is -1.58. The van der Waals surface area contributed by atoms with Crippen LogP contribution in [0.1, 0.15) is 40.2 Å². The number of likely N-dealkylation sites (N-methyl/N-ethyl adjacent to an activating group) is 1. The van der Waals surface area contributed by atoms with Crippen molar-refractivity contribution in [1.29, 1.82) is 0 Å². The summed E-state index contributed by atoms with van der Waals surface area (Å²) in [7, 11) is 3.45. The van der Waals surface area contributed by atoms with E-state index in [9.17, 15) is 9.18 Å². The lowest BCUT2D eigenvalue weighted by Gasteiger charge is -2.25. The zero-order valence-corrected chi connectivity index (χ0v) is 20.4. The number of carbonyl (C=O) groups excluding carboxylic acids is 1. The predicted molar refractivity (Wildman–Crippen MR) is 126 cm³/mol. The summed E-state index contributed by atoms with van der Waals surface area (Å²) in [6, 6.07) is 5.26. The van der Waals surface area contributed by atoms with Crippen LogP contribution in [0, 0.1) is 5.82 Å². The van der Waals surface area contributed by atoms with Gasteiger partial charge in [0.1, 0.15) is 5.82 Å². The number of nitrogens with one attached hydrogen (secondary N) is 2. The molecule has 0 aliphatic rings. The number of guanidine groups is 1. The van der Waals surface area contributed by atoms with Gasteiger partial charge in [0.2, 0.25) is 5.91 Å². The number of amides is 1. The van der Waals surface area contributed by atoms with E-state index in [0.717, 1.165) is 18.7 Å². The molecule has 0 heterocycles. The number of aliphatic imine (C=N–C) groups is 1. The molecular formula is C20H35FIN5O. The summed E-state index contributed by atoms with van der Waals surface area (Å²) in [6.07, 6.45) is 0. The smallest absolute Gasteiger partial charge is 0.240 e. The van der Waals surface area contributed by atoms with Crippen molar-refractivity contribution in [3.8, 4) is 0 Å². The van der Waals surface area contributed by atoms with Gasteiger partial charge in [-0.15, -0.1) is 24.0 Å². The van der Waals surface area contributed by atoms with Gasteiger partial charge in [0, 0.05) is 39.3 Å². The van der Waals surface area contributed by atoms with Gasteiger partial charge in [-0.3, -0.25) is 9.79 Å². The van der Waals surface area contributed by atoms with Gasteiger partial charge in [0.05, 0.1) is 12.2 Å². The summed E-state index contributed by atoms with van der Waals surface area (Å²) >= 11 is 0. The number of benzene rings is 1. The first-order chi connectivity index (χ1) is 12.6. The third-order valence-electron chi connectivity index (χ3n) is 4.04. The van der Waals surface area contributed by atoms with E-state index in [1.54, 1.807) is 25.1 Å². The van der Waals surface area contributed by atoms with Crippen molar-refractivity contribution >= 4 is 41.5 Å². The highest BCUT2D eigenvalue weighted by Gasteiger charge is 2.17. The molecule has 8 heteroatoms. The van der Waals surface area contributed by atoms with Gasteiger partial charge in [-0.2, -0.15) is 0 Å². The van der Waals surface area contributed by atoms with Crippen LogP contribution >= 0.6 is 24.0 Å². The van der Waals surface area contributed by atoms with E-state index >= 15 is 0 Å². The monoisotopic (exact) mass is 507 g/mol. The molecule has 160 valence electrons. The van der Waals surface area contributed by atoms with Crippen molar-refractivity contribution in [2.75, 3.05) is 38.6 Å². The average molecular weight is 507 g/mol. The third kappa shape index (κ3) is 8.62. The highest BCUT2D eigenvalue weighted by atomic mass is 127. The van der Waals surface area contributed by atoms with Gasteiger partial charge in [0.15, 0.2) is 5.96 Å². The largest absolute Gasteiger partial charge is 0.370 e. The summed E-state index contributed by atoms with van der Waals surface area (Å²) in [4.78, 5) is 20.0. The summed E-state index contributed by atoms with van der Waals surface area (Å²) in [5.41, 5.74) is 1.15. The molecule has 0 saturated carbocycles. The lowest BCUT2D eigenvalue weighted by molar-refractivity contribution is -0.122. The second-order valence-corrected chi connectivity index (χ2v) is 7.51. The van der Waals surface area contributed by atoms with E-state index < -0.39 is 0 Å². The highest BCUT2D eigenvalue weighted by molar-refractivity contribution is 14.0. The standard InChI is InChI=1S/C20H34FN5O.HI/c1-8-26(9-2)17-11-10-15(12-16(17)21)13-23-19(22-6)25(7)14-18(27)24-20(3,4)5;/h10-12H,8-9,13-14H2,1-7H3,(H,22,23)(H,24,27);1H. The Morgan fingerprint density at radius 3 is 2.29 bits per heavy atom. The van der Waals surface area contributed by atoms with Crippen LogP contribution in [-0.2, 0) is 11.3 Å². The molecule has 1 aromatic rings. The Morgan fingerprint density at radius 1 is 1.21 bits per heavy atom. The second kappa shape index (κ2) is 12.1. The van der Waals surface area contributed by atoms with Crippen LogP contribution in [0.15, 0.2) is 23.2 Å². The van der Waals surface area contributed by atoms with Crippen LogP contribution in [0.25, 0.3) is 0 Å². The average Bonchev–Trinajstić information content (AvgIpc) is 2.56. The fourth-order valence-corrected chi connectivity index (χ4v) is 2.80. The number of halogens is 2. The maximum atomic E-state index is 14.4. The summed E-state index contributed by atoms with van der Waals surface area (Å²) < 4.78 is 14.4. The van der Waals surface area contributed by atoms with Crippen LogP contribution in [-0.4, -0.2) is 56.0 Å². The number of anilines is 1. The molecule has 28 heavy (non-hydrogen) atoms. The Bertz CT molecular complexity index is 656. The molecule has 1 aromatic carbocycles. The van der Waals surface area contributed by atoms with Gasteiger partial charge in [-0.05, 0) is 52.3 Å². The molecule has 0 unspecified atom stereocenters. The lowest BCUT2D eigenvalue weighted by Crippen LogP contribution is -2.48. The first-order valence-corrected chi connectivity index (χ1v) is 9.37. The minimum Gasteiger partial charge on any atom is -0.370 e. The Kier molecular flexibility index (Phi) is 11.4. The number of carbonyl (C=O) groups is 1. The molecule has 0 atom stereocenters. The normalized spacial score (nSPS) is 11.5. The highest BCUT2D eigenvalue weighted by Crippen LogP contribution is 2.20. The van der Waals surface area contributed by atoms with Crippen molar-refractivity contribution in [2.45, 2.75) is 46.7 Å². The van der Waals surface area contributed by atoms with Crippen LogP contribution in [0.2, 0.25) is 0 Å². The van der Waals surface area contributed by atoms with Crippen LogP contribution in [0.5, 0.6) is 0 Å². The SMILES string of the molecule is CCN(CC)c1ccc(CNC(=NC)N(C)CC(=O)NC(C)(C)C)cc1F.I. The molecule has 0 spiro atoms. The lowest BCUT2D eigenvalue weighted by atomic mass is 10.1. The Labute approximate surface area is 186 Å². The van der Waals surface area contributed by atoms with E-state index in [1.807, 2.05) is 51.7 Å². The maximum Gasteiger partial charge on any atom is 0.240 e. The van der Waals surface area contributed by atoms with Gasteiger partial charge in [-0.1, -0.05) is 6.07 Å². The molecule has 1 rings (SSSR count). The molecule has 0 aromatic heterocycles. The molecule has 1 amide bonds. The van der Waals surface area contributed by atoms with Crippen LogP contribution in [0.4, 0.5) is 10.1 Å². The maximum absolute atomic E-state index is 14.4. The first-order valence-electron chi connectivity index (χ1n) is 9.37. The fraction of sp³-hybridized carbons (Fsp3) is 0.600. The number of hydrogen-bond donors (Lipinski definition) is 2. The quantitative estimate of drug-likeness (QED) is 0.338. The fourth-order valence-electron chi connectivity index (χ4n) is 2.80. The predicted octanol–water partition coefficient (Wildman–Crippen LogP) is 3.21. The molecule has 0 aliphatic carbocycles. The van der Waals surface area contributed by atoms with E-state index in [-0.39, 0.29) is 47.8 Å². The van der Waals surface area contributed by atoms with Crippen molar-refractivity contribution in [3.63, 3.8) is 0 Å². The molecule has 0 fully saturated rings. The Balaban J connectivity index is 0.00000729. The van der Waals surface area contributed by atoms with Crippen molar-refractivity contribution < 1.29 is 9.18 Å². The number of hydrogen-bond acceptors (Lipinski definition) is 3. The van der Waals surface area contributed by atoms with E-state index in [0.29, 0.717) is 18.2 Å². The molecule has 2 N–H and O–H groups in total. The van der Waals surface area contributed by atoms with Crippen LogP contribution < -0.4 is 15.5 Å². The topological polar surface area (TPSA) is 60.0 Å². The van der Waals surface area contributed by atoms with Gasteiger partial charge in [0.25, 0.3) is 0 Å². The molecular weight excluding hydrogens is 472 g/mol. The minimum atomic E-state index is -0.279. The van der Waals surface area contributed by atoms with E-state index in [4.69, 9.17) is 0 Å². The number of rotatable bonds is 7. The van der Waals surface area contributed by atoms with Crippen molar-refractivity contribution in [3.05, 3.63) is 29.6 Å². The van der Waals surface area contributed by atoms with Gasteiger partial charge in [-0.25, -0.2) is 4.39 Å². The zero-order chi connectivity index (χ0) is 20.6. The molecule has 0 bridgehead atoms. The van der Waals surface area contributed by atoms with Crippen LogP contribution in [0.3, 0.4) is 0 Å². The number of nitrogens with zero attached hydrogens (tertiary/aromatic N) is 3. The first kappa shape index (κ1) is 26.4. The summed E-state index contributed by atoms with van der Waals surface area (Å²) in [5.74, 6) is 0.265. The molecule has 0 saturated heterocycles. The molecule has 6 nitrogen and oxygen atoms in total. The zero-order valence-electron chi connectivity index (χ0n) is 18.1.